The third-order valence-electron chi connectivity index (χ3n) is 2.35. The van der Waals surface area contributed by atoms with Crippen LogP contribution in [0.3, 0.4) is 0 Å². The van der Waals surface area contributed by atoms with Crippen molar-refractivity contribution in [3.8, 4) is 0 Å². The van der Waals surface area contributed by atoms with E-state index in [0.717, 1.165) is 0 Å². The van der Waals surface area contributed by atoms with Gasteiger partial charge in [-0.05, 0) is 18.9 Å². The van der Waals surface area contributed by atoms with E-state index in [1.165, 1.54) is 0 Å². The van der Waals surface area contributed by atoms with Crippen LogP contribution in [0.15, 0.2) is 12.2 Å². The molecule has 1 rings (SSSR count). The van der Waals surface area contributed by atoms with E-state index in [1.54, 1.807) is 6.08 Å². The Balaban J connectivity index is 2.73. The van der Waals surface area contributed by atoms with Gasteiger partial charge in [0.1, 0.15) is 6.10 Å². The van der Waals surface area contributed by atoms with Crippen LogP contribution < -0.4 is 0 Å². The molecule has 0 aromatic rings. The highest BCUT2D eigenvalue weighted by Gasteiger charge is 2.37. The van der Waals surface area contributed by atoms with Gasteiger partial charge in [-0.1, -0.05) is 75.7 Å². The molecule has 0 aliphatic heterocycles. The minimum Gasteiger partial charge on any atom is -0.470 e. The molecule has 114 valence electrons. The predicted octanol–water partition coefficient (Wildman–Crippen LogP) is 4.80. The first kappa shape index (κ1) is 18.5. The third-order valence-corrected chi connectivity index (χ3v) is 3.38. The summed E-state index contributed by atoms with van der Waals surface area (Å²) in [5.74, 6) is -1.08. The molecule has 1 aliphatic carbocycles. The zero-order valence-electron chi connectivity index (χ0n) is 9.81. The van der Waals surface area contributed by atoms with E-state index in [9.17, 15) is 0 Å². The fourth-order valence-corrected chi connectivity index (χ4v) is 1.71. The quantitative estimate of drug-likeness (QED) is 0.301. The highest BCUT2D eigenvalue weighted by molar-refractivity contribution is 6.76. The first-order valence-electron chi connectivity index (χ1n) is 5.33. The lowest BCUT2D eigenvalue weighted by Crippen LogP contribution is -2.40. The summed E-state index contributed by atoms with van der Waals surface area (Å²) in [6, 6.07) is 0. The molecule has 0 radical (unpaired) electrons. The lowest BCUT2D eigenvalue weighted by molar-refractivity contribution is 0.0522. The van der Waals surface area contributed by atoms with Gasteiger partial charge in [0, 0.05) is 0 Å². The second-order valence-corrected chi connectivity index (χ2v) is 8.46. The maximum absolute atomic E-state index is 7.54. The standard InChI is InChI=1S/C10H10Cl6N2O2/c11-9(12,13)7(17)19-5-3-1-2-4-6(5)20-8(18)10(14,15)16/h1,3,5-6,17-18H,2,4H2/t5-,6-/m0/s1. The second-order valence-electron chi connectivity index (χ2n) is 3.90. The summed E-state index contributed by atoms with van der Waals surface area (Å²) in [4.78, 5) is 0. The van der Waals surface area contributed by atoms with Gasteiger partial charge in [0.05, 0.1) is 0 Å². The van der Waals surface area contributed by atoms with Crippen LogP contribution in [0.5, 0.6) is 0 Å². The highest BCUT2D eigenvalue weighted by Crippen LogP contribution is 2.32. The molecule has 0 saturated carbocycles. The molecule has 0 unspecified atom stereocenters. The molecule has 0 heterocycles. The fraction of sp³-hybridized carbons (Fsp3) is 0.600. The Morgan fingerprint density at radius 3 is 1.95 bits per heavy atom. The summed E-state index contributed by atoms with van der Waals surface area (Å²) in [5, 5.41) is 15.1. The molecule has 0 aromatic carbocycles. The summed E-state index contributed by atoms with van der Waals surface area (Å²) in [7, 11) is 0. The molecule has 2 atom stereocenters. The zero-order valence-corrected chi connectivity index (χ0v) is 14.3. The number of nitrogens with one attached hydrogen (secondary N) is 2. The minimum atomic E-state index is -1.97. The normalized spacial score (nSPS) is 23.3. The molecule has 20 heavy (non-hydrogen) atoms. The van der Waals surface area contributed by atoms with Crippen molar-refractivity contribution >= 4 is 81.4 Å². The smallest absolute Gasteiger partial charge is 0.265 e. The molecule has 0 amide bonds. The average Bonchev–Trinajstić information content (AvgIpc) is 2.29. The molecular formula is C10H10Cl6N2O2. The van der Waals surface area contributed by atoms with Crippen LogP contribution >= 0.6 is 69.6 Å². The van der Waals surface area contributed by atoms with Crippen LogP contribution in [0.2, 0.25) is 0 Å². The third kappa shape index (κ3) is 5.66. The second kappa shape index (κ2) is 7.12. The fourth-order valence-electron chi connectivity index (χ4n) is 1.44. The minimum absolute atomic E-state index is 0.511. The number of rotatable bonds is 2. The van der Waals surface area contributed by atoms with E-state index in [1.807, 2.05) is 6.08 Å². The first-order valence-corrected chi connectivity index (χ1v) is 7.60. The van der Waals surface area contributed by atoms with E-state index >= 15 is 0 Å². The van der Waals surface area contributed by atoms with Crippen molar-refractivity contribution in [3.05, 3.63) is 12.2 Å². The molecule has 0 saturated heterocycles. The van der Waals surface area contributed by atoms with E-state index in [2.05, 4.69) is 0 Å². The largest absolute Gasteiger partial charge is 0.470 e. The Morgan fingerprint density at radius 1 is 0.950 bits per heavy atom. The molecule has 2 N–H and O–H groups in total. The molecule has 0 aromatic heterocycles. The molecule has 0 bridgehead atoms. The van der Waals surface area contributed by atoms with Crippen molar-refractivity contribution in [2.45, 2.75) is 32.6 Å². The van der Waals surface area contributed by atoms with Gasteiger partial charge in [-0.3, -0.25) is 10.8 Å². The summed E-state index contributed by atoms with van der Waals surface area (Å²) in [6.07, 6.45) is 3.35. The number of hydrogen-bond acceptors (Lipinski definition) is 4. The predicted molar refractivity (Wildman–Crippen MR) is 84.2 cm³/mol. The van der Waals surface area contributed by atoms with Gasteiger partial charge in [0.15, 0.2) is 6.10 Å². The molecule has 1 aliphatic rings. The van der Waals surface area contributed by atoms with E-state index in [0.29, 0.717) is 12.8 Å². The Morgan fingerprint density at radius 2 is 1.45 bits per heavy atom. The lowest BCUT2D eigenvalue weighted by Gasteiger charge is -2.31. The molecule has 0 fully saturated rings. The number of ether oxygens (including phenoxy) is 2. The summed E-state index contributed by atoms with van der Waals surface area (Å²) < 4.78 is 6.56. The van der Waals surface area contributed by atoms with E-state index in [-0.39, 0.29) is 0 Å². The highest BCUT2D eigenvalue weighted by atomic mass is 35.6. The SMILES string of the molecule is N=C(O[C@H]1C=CCC[C@@H]1OC(=N)C(Cl)(Cl)Cl)C(Cl)(Cl)Cl. The molecule has 10 heteroatoms. The van der Waals surface area contributed by atoms with E-state index < -0.39 is 31.6 Å². The van der Waals surface area contributed by atoms with Crippen LogP contribution in [0.1, 0.15) is 12.8 Å². The van der Waals surface area contributed by atoms with Gasteiger partial charge < -0.3 is 9.47 Å². The number of alkyl halides is 6. The van der Waals surface area contributed by atoms with Gasteiger partial charge in [-0.2, -0.15) is 0 Å². The molecule has 4 nitrogen and oxygen atoms in total. The van der Waals surface area contributed by atoms with Crippen molar-refractivity contribution in [1.29, 1.82) is 10.8 Å². The van der Waals surface area contributed by atoms with Crippen LogP contribution in [-0.2, 0) is 9.47 Å². The number of halogens is 6. The Kier molecular flexibility index (Phi) is 6.58. The van der Waals surface area contributed by atoms with Crippen molar-refractivity contribution in [1.82, 2.24) is 0 Å². The Labute approximate surface area is 146 Å². The van der Waals surface area contributed by atoms with Crippen molar-refractivity contribution < 1.29 is 9.47 Å². The van der Waals surface area contributed by atoms with Gasteiger partial charge in [0.2, 0.25) is 11.8 Å². The van der Waals surface area contributed by atoms with Crippen molar-refractivity contribution in [2.24, 2.45) is 0 Å². The van der Waals surface area contributed by atoms with Crippen molar-refractivity contribution in [3.63, 3.8) is 0 Å². The lowest BCUT2D eigenvalue weighted by atomic mass is 10.0. The van der Waals surface area contributed by atoms with Gasteiger partial charge in [-0.25, -0.2) is 0 Å². The maximum Gasteiger partial charge on any atom is 0.265 e. The summed E-state index contributed by atoms with van der Waals surface area (Å²) >= 11 is 33.3. The van der Waals surface area contributed by atoms with Crippen LogP contribution in [-0.4, -0.2) is 31.6 Å². The summed E-state index contributed by atoms with van der Waals surface area (Å²) in [6.45, 7) is 0. The van der Waals surface area contributed by atoms with Crippen LogP contribution in [0.25, 0.3) is 0 Å². The number of allylic oxidation sites excluding steroid dienone is 1. The first-order chi connectivity index (χ1) is 9.01. The summed E-state index contributed by atoms with van der Waals surface area (Å²) in [5.41, 5.74) is 0. The van der Waals surface area contributed by atoms with Crippen LogP contribution in [0.4, 0.5) is 0 Å². The van der Waals surface area contributed by atoms with Crippen LogP contribution in [0, 0.1) is 10.8 Å². The molecular weight excluding hydrogens is 393 g/mol. The maximum atomic E-state index is 7.54. The number of hydrogen-bond donors (Lipinski definition) is 2. The Bertz CT molecular complexity index is 415. The van der Waals surface area contributed by atoms with Gasteiger partial charge in [0.25, 0.3) is 7.59 Å². The monoisotopic (exact) mass is 400 g/mol. The topological polar surface area (TPSA) is 66.2 Å². The van der Waals surface area contributed by atoms with E-state index in [4.69, 9.17) is 89.9 Å². The Hall–Kier alpha value is 0.420. The zero-order chi connectivity index (χ0) is 15.6. The van der Waals surface area contributed by atoms with Crippen molar-refractivity contribution in [2.75, 3.05) is 0 Å². The average molecular weight is 403 g/mol. The van der Waals surface area contributed by atoms with Gasteiger partial charge >= 0.3 is 0 Å². The van der Waals surface area contributed by atoms with Gasteiger partial charge in [-0.15, -0.1) is 0 Å². The molecule has 0 spiro atoms.